The summed E-state index contributed by atoms with van der Waals surface area (Å²) in [5, 5.41) is 26.4. The van der Waals surface area contributed by atoms with Crippen molar-refractivity contribution in [1.29, 1.82) is 0 Å². The molecule has 0 fully saturated rings. The van der Waals surface area contributed by atoms with E-state index in [2.05, 4.69) is 0 Å². The van der Waals surface area contributed by atoms with Gasteiger partial charge >= 0.3 is 17.9 Å². The van der Waals surface area contributed by atoms with Gasteiger partial charge in [-0.3, -0.25) is 14.4 Å². The zero-order chi connectivity index (χ0) is 13.6. The molecule has 0 saturated heterocycles. The highest BCUT2D eigenvalue weighted by atomic mass is 16.4. The topological polar surface area (TPSA) is 164 Å². The van der Waals surface area contributed by atoms with Crippen molar-refractivity contribution in [3.05, 3.63) is 0 Å². The summed E-state index contributed by atoms with van der Waals surface area (Å²) in [6, 6.07) is 0. The molecule has 1 unspecified atom stereocenters. The van der Waals surface area contributed by atoms with Crippen molar-refractivity contribution in [2.45, 2.75) is 24.8 Å². The summed E-state index contributed by atoms with van der Waals surface area (Å²) >= 11 is 0. The summed E-state index contributed by atoms with van der Waals surface area (Å²) in [5.74, 6) is -7.37. The molecule has 0 bridgehead atoms. The fourth-order valence-corrected chi connectivity index (χ4v) is 1.48. The Bertz CT molecular complexity index is 305. The molecule has 8 heteroatoms. The Morgan fingerprint density at radius 1 is 1.06 bits per heavy atom. The first-order chi connectivity index (χ1) is 7.77. The molecule has 0 radical (unpaired) electrons. The maximum Gasteiger partial charge on any atom is 0.325 e. The summed E-state index contributed by atoms with van der Waals surface area (Å²) in [7, 11) is 0. The highest BCUT2D eigenvalue weighted by Gasteiger charge is 2.50. The van der Waals surface area contributed by atoms with Crippen LogP contribution in [0.4, 0.5) is 0 Å². The standard InChI is InChI=1S/C9H16N2O6/c10-4-2-1-3-9(11,8(16)17)5(6(12)13)7(14)15/h5H,1-4,10-11H2,(H,12,13)(H,14,15)(H,16,17). The van der Waals surface area contributed by atoms with Gasteiger partial charge in [0.15, 0.2) is 5.92 Å². The third kappa shape index (κ3) is 3.68. The molecule has 0 spiro atoms. The average molecular weight is 248 g/mol. The van der Waals surface area contributed by atoms with Crippen molar-refractivity contribution in [2.75, 3.05) is 6.54 Å². The predicted octanol–water partition coefficient (Wildman–Crippen LogP) is -1.32. The Kier molecular flexibility index (Phi) is 5.56. The highest BCUT2D eigenvalue weighted by molar-refractivity contribution is 6.00. The minimum absolute atomic E-state index is 0.246. The predicted molar refractivity (Wildman–Crippen MR) is 56.2 cm³/mol. The second kappa shape index (κ2) is 6.16. The van der Waals surface area contributed by atoms with E-state index in [4.69, 9.17) is 26.8 Å². The molecule has 0 heterocycles. The number of carboxylic acid groups (broad SMARTS) is 3. The van der Waals surface area contributed by atoms with Gasteiger partial charge in [-0.15, -0.1) is 0 Å². The number of hydrogen-bond acceptors (Lipinski definition) is 5. The van der Waals surface area contributed by atoms with E-state index in [1.807, 2.05) is 0 Å². The van der Waals surface area contributed by atoms with Crippen molar-refractivity contribution in [3.8, 4) is 0 Å². The minimum Gasteiger partial charge on any atom is -0.481 e. The number of hydrogen-bond donors (Lipinski definition) is 5. The Labute approximate surface area is 97.2 Å². The minimum atomic E-state index is -2.33. The Morgan fingerprint density at radius 2 is 1.53 bits per heavy atom. The molecule has 0 saturated carbocycles. The van der Waals surface area contributed by atoms with E-state index in [0.29, 0.717) is 13.0 Å². The molecule has 0 aliphatic heterocycles. The second-order valence-corrected chi connectivity index (χ2v) is 3.70. The lowest BCUT2D eigenvalue weighted by atomic mass is 9.80. The lowest BCUT2D eigenvalue weighted by Gasteiger charge is -2.28. The Hall–Kier alpha value is -1.67. The number of aliphatic carboxylic acids is 3. The monoisotopic (exact) mass is 248 g/mol. The summed E-state index contributed by atoms with van der Waals surface area (Å²) in [4.78, 5) is 32.5. The van der Waals surface area contributed by atoms with Crippen LogP contribution >= 0.6 is 0 Å². The molecule has 0 aliphatic carbocycles. The van der Waals surface area contributed by atoms with Gasteiger partial charge in [0.05, 0.1) is 0 Å². The average Bonchev–Trinajstić information content (AvgIpc) is 2.16. The van der Waals surface area contributed by atoms with Crippen LogP contribution in [0.3, 0.4) is 0 Å². The van der Waals surface area contributed by atoms with Gasteiger partial charge < -0.3 is 26.8 Å². The first-order valence-electron chi connectivity index (χ1n) is 4.95. The van der Waals surface area contributed by atoms with Gasteiger partial charge in [-0.05, 0) is 25.8 Å². The van der Waals surface area contributed by atoms with Crippen LogP contribution in [0.5, 0.6) is 0 Å². The van der Waals surface area contributed by atoms with E-state index in [1.54, 1.807) is 0 Å². The molecule has 17 heavy (non-hydrogen) atoms. The molecule has 0 amide bonds. The zero-order valence-electron chi connectivity index (χ0n) is 9.13. The van der Waals surface area contributed by atoms with Crippen LogP contribution in [0.2, 0.25) is 0 Å². The van der Waals surface area contributed by atoms with Crippen LogP contribution in [-0.2, 0) is 14.4 Å². The maximum atomic E-state index is 11.0. The molecule has 98 valence electrons. The molecule has 0 aliphatic rings. The van der Waals surface area contributed by atoms with Gasteiger partial charge in [0.1, 0.15) is 5.54 Å². The van der Waals surface area contributed by atoms with Crippen LogP contribution < -0.4 is 11.5 Å². The first-order valence-corrected chi connectivity index (χ1v) is 4.95. The molecule has 1 atom stereocenters. The number of unbranched alkanes of at least 4 members (excludes halogenated alkanes) is 1. The number of nitrogens with two attached hydrogens (primary N) is 2. The smallest absolute Gasteiger partial charge is 0.325 e. The van der Waals surface area contributed by atoms with Crippen molar-refractivity contribution in [3.63, 3.8) is 0 Å². The van der Waals surface area contributed by atoms with E-state index in [0.717, 1.165) is 0 Å². The molecule has 0 aromatic carbocycles. The summed E-state index contributed by atoms with van der Waals surface area (Å²) < 4.78 is 0. The van der Waals surface area contributed by atoms with Crippen LogP contribution in [0.25, 0.3) is 0 Å². The van der Waals surface area contributed by atoms with E-state index < -0.39 is 29.4 Å². The quantitative estimate of drug-likeness (QED) is 0.261. The summed E-state index contributed by atoms with van der Waals surface area (Å²) in [6.07, 6.45) is 0.428. The third-order valence-electron chi connectivity index (χ3n) is 2.45. The zero-order valence-corrected chi connectivity index (χ0v) is 9.13. The molecular formula is C9H16N2O6. The van der Waals surface area contributed by atoms with E-state index in [-0.39, 0.29) is 12.8 Å². The third-order valence-corrected chi connectivity index (χ3v) is 2.45. The van der Waals surface area contributed by atoms with Gasteiger partial charge in [0, 0.05) is 0 Å². The summed E-state index contributed by atoms with van der Waals surface area (Å²) in [6.45, 7) is 0.292. The van der Waals surface area contributed by atoms with Crippen LogP contribution in [0.1, 0.15) is 19.3 Å². The van der Waals surface area contributed by atoms with Gasteiger partial charge in [-0.2, -0.15) is 0 Å². The lowest BCUT2D eigenvalue weighted by molar-refractivity contribution is -0.166. The van der Waals surface area contributed by atoms with Crippen molar-refractivity contribution >= 4 is 17.9 Å². The maximum absolute atomic E-state index is 11.0. The molecule has 0 aromatic rings. The SMILES string of the molecule is NCCCCC(N)(C(=O)O)C(C(=O)O)C(=O)O. The summed E-state index contributed by atoms with van der Waals surface area (Å²) in [5.41, 5.74) is 8.31. The first kappa shape index (κ1) is 15.3. The normalized spacial score (nSPS) is 14.3. The molecular weight excluding hydrogens is 232 g/mol. The van der Waals surface area contributed by atoms with Crippen molar-refractivity contribution in [1.82, 2.24) is 0 Å². The van der Waals surface area contributed by atoms with E-state index in [1.165, 1.54) is 0 Å². The molecule has 0 rings (SSSR count). The number of carboxylic acids is 3. The molecule has 0 aromatic heterocycles. The van der Waals surface area contributed by atoms with Crippen LogP contribution in [-0.4, -0.2) is 45.3 Å². The van der Waals surface area contributed by atoms with E-state index >= 15 is 0 Å². The van der Waals surface area contributed by atoms with E-state index in [9.17, 15) is 14.4 Å². The molecule has 8 nitrogen and oxygen atoms in total. The van der Waals surface area contributed by atoms with Crippen LogP contribution in [0.15, 0.2) is 0 Å². The second-order valence-electron chi connectivity index (χ2n) is 3.70. The van der Waals surface area contributed by atoms with Crippen LogP contribution in [0, 0.1) is 5.92 Å². The van der Waals surface area contributed by atoms with Crippen molar-refractivity contribution < 1.29 is 29.7 Å². The Morgan fingerprint density at radius 3 is 1.82 bits per heavy atom. The largest absolute Gasteiger partial charge is 0.481 e. The number of rotatable bonds is 8. The lowest BCUT2D eigenvalue weighted by Crippen LogP contribution is -2.59. The van der Waals surface area contributed by atoms with Gasteiger partial charge in [-0.1, -0.05) is 0 Å². The van der Waals surface area contributed by atoms with Crippen molar-refractivity contribution in [2.24, 2.45) is 17.4 Å². The Balaban J connectivity index is 5.08. The number of carbonyl (C=O) groups is 3. The molecule has 7 N–H and O–H groups in total. The fraction of sp³-hybridized carbons (Fsp3) is 0.667. The fourth-order valence-electron chi connectivity index (χ4n) is 1.48. The van der Waals surface area contributed by atoms with Gasteiger partial charge in [-0.25, -0.2) is 0 Å². The van der Waals surface area contributed by atoms with Gasteiger partial charge in [0.2, 0.25) is 0 Å². The van der Waals surface area contributed by atoms with Gasteiger partial charge in [0.25, 0.3) is 0 Å². The highest BCUT2D eigenvalue weighted by Crippen LogP contribution is 2.23.